The van der Waals surface area contributed by atoms with Gasteiger partial charge in [0.05, 0.1) is 17.6 Å². The van der Waals surface area contributed by atoms with Crippen molar-refractivity contribution in [3.05, 3.63) is 28.2 Å². The van der Waals surface area contributed by atoms with Crippen LogP contribution in [0.1, 0.15) is 55.3 Å². The molecule has 3 rings (SSSR count). The summed E-state index contributed by atoms with van der Waals surface area (Å²) in [6, 6.07) is 4.04. The molecule has 2 aliphatic rings. The van der Waals surface area contributed by atoms with Gasteiger partial charge in [-0.2, -0.15) is 0 Å². The van der Waals surface area contributed by atoms with Crippen molar-refractivity contribution in [2.45, 2.75) is 55.9 Å². The first-order valence-corrected chi connectivity index (χ1v) is 12.3. The van der Waals surface area contributed by atoms with Crippen molar-refractivity contribution in [2.75, 3.05) is 20.2 Å². The lowest BCUT2D eigenvalue weighted by Crippen LogP contribution is -2.48. The Labute approximate surface area is 180 Å². The summed E-state index contributed by atoms with van der Waals surface area (Å²) >= 11 is 3.24. The quantitative estimate of drug-likeness (QED) is 0.645. The van der Waals surface area contributed by atoms with Crippen LogP contribution in [0.3, 0.4) is 0 Å². The third-order valence-electron chi connectivity index (χ3n) is 5.74. The second-order valence-corrected chi connectivity index (χ2v) is 10.3. The van der Waals surface area contributed by atoms with Crippen LogP contribution in [0, 0.1) is 5.92 Å². The van der Waals surface area contributed by atoms with Gasteiger partial charge in [-0.1, -0.05) is 19.3 Å². The zero-order chi connectivity index (χ0) is 21.0. The van der Waals surface area contributed by atoms with Gasteiger partial charge in [-0.25, -0.2) is 17.9 Å². The largest absolute Gasteiger partial charge is 0.465 e. The lowest BCUT2D eigenvalue weighted by molar-refractivity contribution is -0.137. The van der Waals surface area contributed by atoms with Crippen LogP contribution in [0.15, 0.2) is 27.6 Å². The van der Waals surface area contributed by atoms with Crippen molar-refractivity contribution in [1.29, 1.82) is 0 Å². The van der Waals surface area contributed by atoms with Gasteiger partial charge < -0.3 is 9.64 Å². The van der Waals surface area contributed by atoms with Gasteiger partial charge >= 0.3 is 5.97 Å². The number of ether oxygens (including phenoxy) is 1. The van der Waals surface area contributed by atoms with Gasteiger partial charge in [0.1, 0.15) is 0 Å². The molecule has 29 heavy (non-hydrogen) atoms. The van der Waals surface area contributed by atoms with Gasteiger partial charge in [-0.3, -0.25) is 4.79 Å². The number of benzene rings is 1. The summed E-state index contributed by atoms with van der Waals surface area (Å²) in [5.41, 5.74) is 0.156. The Balaban J connectivity index is 1.61. The minimum absolute atomic E-state index is 0.0156. The van der Waals surface area contributed by atoms with E-state index < -0.39 is 16.0 Å². The molecule has 1 aliphatic heterocycles. The van der Waals surface area contributed by atoms with Crippen LogP contribution in [0.25, 0.3) is 0 Å². The topological polar surface area (TPSA) is 92.8 Å². The van der Waals surface area contributed by atoms with Gasteiger partial charge in [0, 0.05) is 29.5 Å². The maximum atomic E-state index is 12.8. The molecule has 1 aromatic rings. The second-order valence-electron chi connectivity index (χ2n) is 7.69. The molecule has 1 N–H and O–H groups in total. The van der Waals surface area contributed by atoms with Gasteiger partial charge in [0.15, 0.2) is 0 Å². The average molecular weight is 487 g/mol. The van der Waals surface area contributed by atoms with Gasteiger partial charge in [-0.15, -0.1) is 0 Å². The molecule has 0 bridgehead atoms. The third-order valence-corrected chi connectivity index (χ3v) is 7.95. The minimum Gasteiger partial charge on any atom is -0.465 e. The van der Waals surface area contributed by atoms with E-state index in [9.17, 15) is 18.0 Å². The van der Waals surface area contributed by atoms with E-state index >= 15 is 0 Å². The molecule has 7 nitrogen and oxygen atoms in total. The second kappa shape index (κ2) is 9.57. The van der Waals surface area contributed by atoms with E-state index in [0.29, 0.717) is 30.4 Å². The van der Waals surface area contributed by atoms with Crippen LogP contribution in [-0.2, 0) is 19.6 Å². The van der Waals surface area contributed by atoms with Crippen molar-refractivity contribution in [3.8, 4) is 0 Å². The molecule has 1 amide bonds. The standard InChI is InChI=1S/C20H27BrN2O5S/c1-28-20(25)17-13-16(7-8-18(17)21)29(26,27)22-15-9-11-23(12-10-15)19(24)14-5-3-2-4-6-14/h7-8,13-15,22H,2-6,9-12H2,1H3. The Morgan fingerprint density at radius 3 is 2.38 bits per heavy atom. The zero-order valence-electron chi connectivity index (χ0n) is 16.5. The van der Waals surface area contributed by atoms with Crippen LogP contribution >= 0.6 is 15.9 Å². The molecular formula is C20H27BrN2O5S. The number of amides is 1. The summed E-state index contributed by atoms with van der Waals surface area (Å²) in [6.07, 6.45) is 6.55. The normalized spacial score (nSPS) is 19.2. The fourth-order valence-corrected chi connectivity index (χ4v) is 5.79. The molecule has 0 atom stereocenters. The molecule has 1 heterocycles. The smallest absolute Gasteiger partial charge is 0.339 e. The summed E-state index contributed by atoms with van der Waals surface area (Å²) in [5, 5.41) is 0. The van der Waals surface area contributed by atoms with E-state index in [4.69, 9.17) is 4.74 Å². The van der Waals surface area contributed by atoms with E-state index in [2.05, 4.69) is 20.7 Å². The Kier molecular flexibility index (Phi) is 7.34. The molecule has 0 radical (unpaired) electrons. The van der Waals surface area contributed by atoms with E-state index in [1.165, 1.54) is 31.7 Å². The fraction of sp³-hybridized carbons (Fsp3) is 0.600. The number of esters is 1. The molecule has 1 aliphatic carbocycles. The highest BCUT2D eigenvalue weighted by atomic mass is 79.9. The maximum absolute atomic E-state index is 12.8. The van der Waals surface area contributed by atoms with Crippen molar-refractivity contribution in [3.63, 3.8) is 0 Å². The Hall–Kier alpha value is -1.45. The fourth-order valence-electron chi connectivity index (χ4n) is 4.05. The number of halogens is 1. The summed E-state index contributed by atoms with van der Waals surface area (Å²) in [4.78, 5) is 26.4. The average Bonchev–Trinajstić information content (AvgIpc) is 2.73. The molecule has 0 spiro atoms. The molecule has 1 aromatic carbocycles. The van der Waals surface area contributed by atoms with Crippen LogP contribution in [0.5, 0.6) is 0 Å². The highest BCUT2D eigenvalue weighted by Gasteiger charge is 2.31. The minimum atomic E-state index is -3.78. The lowest BCUT2D eigenvalue weighted by Gasteiger charge is -2.35. The number of methoxy groups -OCH3 is 1. The number of hydrogen-bond donors (Lipinski definition) is 1. The van der Waals surface area contributed by atoms with E-state index in [1.807, 2.05) is 4.90 Å². The SMILES string of the molecule is COC(=O)c1cc(S(=O)(=O)NC2CCN(C(=O)C3CCCCC3)CC2)ccc1Br. The lowest BCUT2D eigenvalue weighted by atomic mass is 9.87. The molecular weight excluding hydrogens is 460 g/mol. The summed E-state index contributed by atoms with van der Waals surface area (Å²) in [6.45, 7) is 1.13. The van der Waals surface area contributed by atoms with Gasteiger partial charge in [0.25, 0.3) is 0 Å². The highest BCUT2D eigenvalue weighted by molar-refractivity contribution is 9.10. The molecule has 1 saturated carbocycles. The molecule has 9 heteroatoms. The van der Waals surface area contributed by atoms with E-state index in [0.717, 1.165) is 25.7 Å². The number of carbonyl (C=O) groups is 2. The number of rotatable bonds is 5. The number of likely N-dealkylation sites (tertiary alicyclic amines) is 1. The van der Waals surface area contributed by atoms with Crippen molar-refractivity contribution >= 4 is 37.8 Å². The Bertz CT molecular complexity index is 860. The first-order chi connectivity index (χ1) is 13.8. The van der Waals surface area contributed by atoms with Crippen LogP contribution in [-0.4, -0.2) is 51.4 Å². The number of piperidine rings is 1. The zero-order valence-corrected chi connectivity index (χ0v) is 18.9. The Morgan fingerprint density at radius 1 is 1.10 bits per heavy atom. The predicted octanol–water partition coefficient (Wildman–Crippen LogP) is 3.09. The van der Waals surface area contributed by atoms with Crippen LogP contribution in [0.2, 0.25) is 0 Å². The van der Waals surface area contributed by atoms with Crippen molar-refractivity contribution in [2.24, 2.45) is 5.92 Å². The number of carbonyl (C=O) groups excluding carboxylic acids is 2. The maximum Gasteiger partial charge on any atom is 0.339 e. The van der Waals surface area contributed by atoms with E-state index in [1.54, 1.807) is 0 Å². The summed E-state index contributed by atoms with van der Waals surface area (Å²) < 4.78 is 33.4. The third kappa shape index (κ3) is 5.38. The molecule has 160 valence electrons. The molecule has 1 saturated heterocycles. The first kappa shape index (κ1) is 22.2. The number of nitrogens with zero attached hydrogens (tertiary/aromatic N) is 1. The predicted molar refractivity (Wildman–Crippen MR) is 112 cm³/mol. The molecule has 0 aromatic heterocycles. The van der Waals surface area contributed by atoms with Crippen LogP contribution in [0.4, 0.5) is 0 Å². The first-order valence-electron chi connectivity index (χ1n) is 10.0. The summed E-state index contributed by atoms with van der Waals surface area (Å²) in [7, 11) is -2.53. The highest BCUT2D eigenvalue weighted by Crippen LogP contribution is 2.27. The Morgan fingerprint density at radius 2 is 1.76 bits per heavy atom. The van der Waals surface area contributed by atoms with E-state index in [-0.39, 0.29) is 28.3 Å². The molecule has 2 fully saturated rings. The number of nitrogens with one attached hydrogen (secondary N) is 1. The van der Waals surface area contributed by atoms with Crippen molar-refractivity contribution < 1.29 is 22.7 Å². The van der Waals surface area contributed by atoms with Crippen LogP contribution < -0.4 is 4.72 Å². The van der Waals surface area contributed by atoms with Gasteiger partial charge in [0.2, 0.25) is 15.9 Å². The van der Waals surface area contributed by atoms with Crippen molar-refractivity contribution in [1.82, 2.24) is 9.62 Å². The molecule has 0 unspecified atom stereocenters. The van der Waals surface area contributed by atoms with Gasteiger partial charge in [-0.05, 0) is 59.8 Å². The number of sulfonamides is 1. The summed E-state index contributed by atoms with van der Waals surface area (Å²) in [5.74, 6) is -0.249. The number of hydrogen-bond acceptors (Lipinski definition) is 5. The monoisotopic (exact) mass is 486 g/mol.